The van der Waals surface area contributed by atoms with Gasteiger partial charge in [0.15, 0.2) is 0 Å². The highest BCUT2D eigenvalue weighted by Gasteiger charge is 2.15. The molecule has 0 aliphatic carbocycles. The fourth-order valence-electron chi connectivity index (χ4n) is 5.58. The van der Waals surface area contributed by atoms with Gasteiger partial charge in [0.25, 0.3) is 0 Å². The first-order chi connectivity index (χ1) is 23.4. The SMILES string of the molecule is C#CSc1ccccc1/C(C)=C/c1c(C)c2ccccc2n1-c1c#cccc1.C=C(/C=C(/C)N=C(C)c1ccccc1)c1ccccc1. The quantitative estimate of drug-likeness (QED) is 0.0702. The summed E-state index contributed by atoms with van der Waals surface area (Å²) in [6.45, 7) is 12.4. The van der Waals surface area contributed by atoms with Crippen LogP contribution in [-0.4, -0.2) is 10.3 Å². The van der Waals surface area contributed by atoms with E-state index in [2.05, 4.69) is 126 Å². The predicted molar refractivity (Wildman–Crippen MR) is 208 cm³/mol. The number of para-hydroxylation sites is 1. The molecule has 5 aromatic carbocycles. The van der Waals surface area contributed by atoms with Gasteiger partial charge in [-0.3, -0.25) is 4.99 Å². The minimum atomic E-state index is 0.959. The fraction of sp³-hybridized carbons (Fsp3) is 0.0889. The van der Waals surface area contributed by atoms with Crippen molar-refractivity contribution in [2.45, 2.75) is 32.6 Å². The van der Waals surface area contributed by atoms with Crippen molar-refractivity contribution in [1.29, 1.82) is 0 Å². The average Bonchev–Trinajstić information content (AvgIpc) is 3.40. The van der Waals surface area contributed by atoms with E-state index in [1.807, 2.05) is 74.5 Å². The summed E-state index contributed by atoms with van der Waals surface area (Å²) in [6, 6.07) is 49.3. The lowest BCUT2D eigenvalue weighted by Crippen LogP contribution is -1.97. The van der Waals surface area contributed by atoms with E-state index in [1.165, 1.54) is 33.8 Å². The minimum Gasteiger partial charge on any atom is -0.302 e. The summed E-state index contributed by atoms with van der Waals surface area (Å²) in [4.78, 5) is 5.73. The van der Waals surface area contributed by atoms with Crippen LogP contribution in [0.25, 0.3) is 33.8 Å². The van der Waals surface area contributed by atoms with Crippen LogP contribution in [0.2, 0.25) is 0 Å². The van der Waals surface area contributed by atoms with Crippen LogP contribution >= 0.6 is 11.8 Å². The third-order valence-electron chi connectivity index (χ3n) is 7.95. The summed E-state index contributed by atoms with van der Waals surface area (Å²) in [5.74, 6) is 0. The first-order valence-electron chi connectivity index (χ1n) is 15.8. The lowest BCUT2D eigenvalue weighted by Gasteiger charge is -2.10. The number of terminal acetylenes is 1. The fourth-order valence-corrected chi connectivity index (χ4v) is 6.20. The maximum Gasteiger partial charge on any atom is 0.0973 e. The second-order valence-corrected chi connectivity index (χ2v) is 12.2. The van der Waals surface area contributed by atoms with Crippen molar-refractivity contribution in [1.82, 2.24) is 4.57 Å². The van der Waals surface area contributed by atoms with Crippen LogP contribution in [-0.2, 0) is 0 Å². The van der Waals surface area contributed by atoms with Crippen molar-refractivity contribution >= 4 is 45.6 Å². The molecule has 0 bridgehead atoms. The molecule has 0 atom stereocenters. The molecular weight excluding hydrogens is 601 g/mol. The van der Waals surface area contributed by atoms with Gasteiger partial charge in [-0.1, -0.05) is 116 Å². The van der Waals surface area contributed by atoms with Gasteiger partial charge in [-0.05, 0) is 121 Å². The molecule has 0 saturated carbocycles. The lowest BCUT2D eigenvalue weighted by molar-refractivity contribution is 1.10. The van der Waals surface area contributed by atoms with E-state index in [0.717, 1.165) is 49.9 Å². The maximum atomic E-state index is 5.54. The molecule has 0 saturated heterocycles. The van der Waals surface area contributed by atoms with Crippen molar-refractivity contribution in [2.75, 3.05) is 0 Å². The molecule has 1 aromatic heterocycles. The molecule has 0 aliphatic rings. The Morgan fingerprint density at radius 2 is 1.46 bits per heavy atom. The number of hydrogen-bond donors (Lipinski definition) is 0. The Bertz CT molecular complexity index is 2140. The Kier molecular flexibility index (Phi) is 11.3. The first kappa shape index (κ1) is 33.6. The highest BCUT2D eigenvalue weighted by Crippen LogP contribution is 2.33. The van der Waals surface area contributed by atoms with E-state index in [9.17, 15) is 0 Å². The van der Waals surface area contributed by atoms with E-state index in [-0.39, 0.29) is 0 Å². The predicted octanol–water partition coefficient (Wildman–Crippen LogP) is 11.9. The molecule has 0 aliphatic heterocycles. The molecule has 6 rings (SSSR count). The molecule has 6 aromatic rings. The number of aromatic nitrogens is 1. The van der Waals surface area contributed by atoms with Gasteiger partial charge < -0.3 is 4.57 Å². The molecule has 234 valence electrons. The van der Waals surface area contributed by atoms with Crippen LogP contribution in [0, 0.1) is 30.7 Å². The molecule has 0 spiro atoms. The van der Waals surface area contributed by atoms with E-state index < -0.39 is 0 Å². The van der Waals surface area contributed by atoms with Crippen LogP contribution in [0.3, 0.4) is 0 Å². The van der Waals surface area contributed by atoms with Crippen LogP contribution < -0.4 is 0 Å². The average molecular weight is 639 g/mol. The van der Waals surface area contributed by atoms with Crippen LogP contribution in [0.1, 0.15) is 48.7 Å². The molecule has 0 N–H and O–H groups in total. The Morgan fingerprint density at radius 1 is 0.812 bits per heavy atom. The molecular formula is C45H38N2S. The molecule has 1 heterocycles. The molecule has 0 amide bonds. The molecule has 2 nitrogen and oxygen atoms in total. The van der Waals surface area contributed by atoms with Gasteiger partial charge in [0.05, 0.1) is 16.9 Å². The maximum absolute atomic E-state index is 5.54. The monoisotopic (exact) mass is 638 g/mol. The number of fused-ring (bicyclic) bond motifs is 1. The topological polar surface area (TPSA) is 17.3 Å². The standard InChI is InChI=1S/C26H19NS.C19H19N/c1-4-28-26-17-11-9-14-22(26)19(2)18-25-20(3)23-15-8-10-16-24(23)27(25)21-12-6-5-7-13-21;1-15(18-10-6-4-7-11-18)14-16(2)20-17(3)19-12-8-5-9-13-19/h1,5-6,8-12,14-18H,2-3H3;4-14H,1H2,2-3H3/b19-18+;16-14-,20-17?. The number of aryl methyl sites for hydroxylation is 1. The van der Waals surface area contributed by atoms with Crippen molar-refractivity contribution in [3.8, 4) is 17.4 Å². The van der Waals surface area contributed by atoms with Crippen molar-refractivity contribution in [3.63, 3.8) is 0 Å². The van der Waals surface area contributed by atoms with Crippen molar-refractivity contribution in [2.24, 2.45) is 4.99 Å². The van der Waals surface area contributed by atoms with E-state index in [0.29, 0.717) is 0 Å². The number of benzene rings is 4. The summed E-state index contributed by atoms with van der Waals surface area (Å²) in [5.41, 5.74) is 12.1. The number of thioether (sulfide) groups is 1. The van der Waals surface area contributed by atoms with Crippen molar-refractivity contribution in [3.05, 3.63) is 186 Å². The zero-order chi connectivity index (χ0) is 33.9. The second kappa shape index (κ2) is 16.2. The summed E-state index contributed by atoms with van der Waals surface area (Å²) < 4.78 is 2.25. The third-order valence-corrected chi connectivity index (χ3v) is 8.64. The van der Waals surface area contributed by atoms with Gasteiger partial charge in [0.2, 0.25) is 0 Å². The summed E-state index contributed by atoms with van der Waals surface area (Å²) in [5, 5.41) is 3.93. The number of nitrogens with zero attached hydrogens (tertiary/aromatic N) is 2. The Morgan fingerprint density at radius 3 is 2.15 bits per heavy atom. The Labute approximate surface area is 289 Å². The zero-order valence-corrected chi connectivity index (χ0v) is 28.7. The largest absolute Gasteiger partial charge is 0.302 e. The summed E-state index contributed by atoms with van der Waals surface area (Å²) in [6.07, 6.45) is 9.80. The number of hydrogen-bond acceptors (Lipinski definition) is 2. The molecule has 48 heavy (non-hydrogen) atoms. The summed E-state index contributed by atoms with van der Waals surface area (Å²) >= 11 is 1.42. The molecule has 0 fully saturated rings. The number of aliphatic imine (C=N–C) groups is 1. The molecule has 0 radical (unpaired) electrons. The normalized spacial score (nSPS) is 11.7. The smallest absolute Gasteiger partial charge is 0.0973 e. The van der Waals surface area contributed by atoms with Gasteiger partial charge >= 0.3 is 0 Å². The van der Waals surface area contributed by atoms with Gasteiger partial charge in [-0.25, -0.2) is 0 Å². The van der Waals surface area contributed by atoms with Crippen LogP contribution in [0.4, 0.5) is 0 Å². The molecule has 3 heteroatoms. The van der Waals surface area contributed by atoms with Gasteiger partial charge in [-0.2, -0.15) is 0 Å². The third kappa shape index (κ3) is 8.15. The number of allylic oxidation sites excluding steroid dienone is 4. The van der Waals surface area contributed by atoms with Gasteiger partial charge in [0, 0.05) is 21.7 Å². The Balaban J connectivity index is 0.000000199. The first-order valence-corrected chi connectivity index (χ1v) is 16.6. The highest BCUT2D eigenvalue weighted by atomic mass is 32.2. The van der Waals surface area contributed by atoms with Gasteiger partial charge in [-0.15, -0.1) is 6.42 Å². The zero-order valence-electron chi connectivity index (χ0n) is 27.9. The van der Waals surface area contributed by atoms with E-state index in [4.69, 9.17) is 6.42 Å². The van der Waals surface area contributed by atoms with Crippen molar-refractivity contribution < 1.29 is 0 Å². The lowest BCUT2D eigenvalue weighted by atomic mass is 10.0. The summed E-state index contributed by atoms with van der Waals surface area (Å²) in [7, 11) is 0. The van der Waals surface area contributed by atoms with Gasteiger partial charge in [0.1, 0.15) is 0 Å². The molecule has 0 unspecified atom stereocenters. The second-order valence-electron chi connectivity index (χ2n) is 11.3. The van der Waals surface area contributed by atoms with Crippen LogP contribution in [0.5, 0.6) is 0 Å². The van der Waals surface area contributed by atoms with E-state index in [1.54, 1.807) is 0 Å². The minimum absolute atomic E-state index is 0.959. The van der Waals surface area contributed by atoms with E-state index >= 15 is 0 Å². The Hall–Kier alpha value is -5.74. The number of rotatable bonds is 8. The highest BCUT2D eigenvalue weighted by molar-refractivity contribution is 8.04. The van der Waals surface area contributed by atoms with Crippen LogP contribution in [0.15, 0.2) is 156 Å².